The van der Waals surface area contributed by atoms with Crippen molar-refractivity contribution in [2.45, 2.75) is 18.9 Å². The van der Waals surface area contributed by atoms with Gasteiger partial charge < -0.3 is 24.1 Å². The van der Waals surface area contributed by atoms with Gasteiger partial charge in [-0.2, -0.15) is 0 Å². The summed E-state index contributed by atoms with van der Waals surface area (Å²) in [5.74, 6) is -0.947. The first-order chi connectivity index (χ1) is 16.7. The summed E-state index contributed by atoms with van der Waals surface area (Å²) < 4.78 is 18.1. The average Bonchev–Trinajstić information content (AvgIpc) is 3.16. The number of allylic oxidation sites excluding steroid dienone is 1. The van der Waals surface area contributed by atoms with Crippen LogP contribution in [0.5, 0.6) is 17.2 Å². The van der Waals surface area contributed by atoms with Crippen molar-refractivity contribution < 1.29 is 23.8 Å². The highest BCUT2D eigenvalue weighted by Crippen LogP contribution is 2.53. The van der Waals surface area contributed by atoms with Crippen LogP contribution >= 0.6 is 11.6 Å². The zero-order chi connectivity index (χ0) is 25.1. The molecule has 0 saturated heterocycles. The molecule has 2 aromatic carbocycles. The molecule has 2 aliphatic rings. The molecule has 0 saturated carbocycles. The molecule has 0 amide bonds. The number of ether oxygens (including phenoxy) is 3. The second kappa shape index (κ2) is 8.13. The van der Waals surface area contributed by atoms with Crippen LogP contribution in [0.3, 0.4) is 0 Å². The largest absolute Gasteiger partial charge is 0.496 e. The standard InChI is InChI=1S/C25H22ClN3O6/c1-12-7-14(28-13-5-6-16-15(8-13)24(32)29(2)11-27-16)9-19(30)25(12)23(31)20-17(33-3)10-18(34-4)21(26)22(20)35-25/h5-6,8-12,28H,7H2,1-4H3/t12-,25+/m1/s1. The number of hydrogen-bond donors (Lipinski definition) is 1. The minimum Gasteiger partial charge on any atom is -0.496 e. The summed E-state index contributed by atoms with van der Waals surface area (Å²) in [6, 6.07) is 6.70. The third-order valence-electron chi connectivity index (χ3n) is 6.53. The molecule has 10 heteroatoms. The molecule has 1 aromatic heterocycles. The number of hydrogen-bond acceptors (Lipinski definition) is 8. The lowest BCUT2D eigenvalue weighted by Gasteiger charge is -2.35. The van der Waals surface area contributed by atoms with Gasteiger partial charge in [0.15, 0.2) is 5.75 Å². The predicted octanol–water partition coefficient (Wildman–Crippen LogP) is 3.52. The zero-order valence-corrected chi connectivity index (χ0v) is 20.2. The van der Waals surface area contributed by atoms with E-state index < -0.39 is 23.1 Å². The number of benzene rings is 2. The van der Waals surface area contributed by atoms with E-state index in [1.54, 1.807) is 32.2 Å². The van der Waals surface area contributed by atoms with Gasteiger partial charge in [-0.3, -0.25) is 14.4 Å². The van der Waals surface area contributed by atoms with Crippen LogP contribution in [0.25, 0.3) is 10.9 Å². The monoisotopic (exact) mass is 495 g/mol. The molecule has 1 spiro atoms. The number of fused-ring (bicyclic) bond motifs is 2. The molecule has 2 heterocycles. The number of ketones is 2. The van der Waals surface area contributed by atoms with Crippen LogP contribution in [0.4, 0.5) is 5.69 Å². The molecule has 3 aromatic rings. The molecule has 0 fully saturated rings. The molecule has 9 nitrogen and oxygen atoms in total. The number of aromatic nitrogens is 2. The summed E-state index contributed by atoms with van der Waals surface area (Å²) in [4.78, 5) is 43.7. The summed E-state index contributed by atoms with van der Waals surface area (Å²) in [6.45, 7) is 1.77. The fourth-order valence-electron chi connectivity index (χ4n) is 4.69. The summed E-state index contributed by atoms with van der Waals surface area (Å²) >= 11 is 6.42. The minimum atomic E-state index is -1.75. The van der Waals surface area contributed by atoms with Gasteiger partial charge in [-0.15, -0.1) is 0 Å². The molecule has 0 radical (unpaired) electrons. The van der Waals surface area contributed by atoms with Gasteiger partial charge in [-0.25, -0.2) is 4.98 Å². The van der Waals surface area contributed by atoms with E-state index in [0.29, 0.717) is 28.7 Å². The summed E-state index contributed by atoms with van der Waals surface area (Å²) in [7, 11) is 4.49. The Labute approximate surface area is 205 Å². The van der Waals surface area contributed by atoms with E-state index in [4.69, 9.17) is 25.8 Å². The maximum Gasteiger partial charge on any atom is 0.260 e. The Morgan fingerprint density at radius 1 is 1.17 bits per heavy atom. The Bertz CT molecular complexity index is 1510. The van der Waals surface area contributed by atoms with Crippen LogP contribution in [0.2, 0.25) is 5.02 Å². The Hall–Kier alpha value is -3.85. The van der Waals surface area contributed by atoms with E-state index in [2.05, 4.69) is 10.3 Å². The normalized spacial score (nSPS) is 21.1. The molecule has 0 unspecified atom stereocenters. The van der Waals surface area contributed by atoms with Gasteiger partial charge in [-0.05, 0) is 24.6 Å². The van der Waals surface area contributed by atoms with Crippen LogP contribution in [-0.4, -0.2) is 40.9 Å². The number of halogens is 1. The lowest BCUT2D eigenvalue weighted by atomic mass is 9.74. The van der Waals surface area contributed by atoms with E-state index >= 15 is 0 Å². The molecule has 1 aliphatic carbocycles. The number of nitrogens with one attached hydrogen (secondary N) is 1. The van der Waals surface area contributed by atoms with Crippen molar-refractivity contribution in [3.05, 3.63) is 63.3 Å². The Morgan fingerprint density at radius 2 is 1.91 bits per heavy atom. The molecule has 2 atom stereocenters. The third kappa shape index (κ3) is 3.30. The van der Waals surface area contributed by atoms with Crippen molar-refractivity contribution >= 4 is 39.8 Å². The fourth-order valence-corrected chi connectivity index (χ4v) is 4.96. The third-order valence-corrected chi connectivity index (χ3v) is 6.89. The average molecular weight is 496 g/mol. The van der Waals surface area contributed by atoms with E-state index in [1.165, 1.54) is 37.3 Å². The summed E-state index contributed by atoms with van der Waals surface area (Å²) in [5.41, 5.74) is -0.00842. The van der Waals surface area contributed by atoms with Gasteiger partial charge in [0, 0.05) is 36.5 Å². The van der Waals surface area contributed by atoms with Gasteiger partial charge in [0.1, 0.15) is 22.1 Å². The molecular formula is C25H22ClN3O6. The van der Waals surface area contributed by atoms with Crippen LogP contribution in [0.15, 0.2) is 47.2 Å². The quantitative estimate of drug-likeness (QED) is 0.548. The Morgan fingerprint density at radius 3 is 2.60 bits per heavy atom. The van der Waals surface area contributed by atoms with E-state index in [1.807, 2.05) is 0 Å². The van der Waals surface area contributed by atoms with Crippen molar-refractivity contribution in [2.24, 2.45) is 13.0 Å². The second-order valence-electron chi connectivity index (χ2n) is 8.62. The molecule has 1 N–H and O–H groups in total. The Kier molecular flexibility index (Phi) is 5.32. The van der Waals surface area contributed by atoms with Gasteiger partial charge in [0.2, 0.25) is 17.2 Å². The van der Waals surface area contributed by atoms with Crippen LogP contribution in [0, 0.1) is 5.92 Å². The number of nitrogens with zero attached hydrogens (tertiary/aromatic N) is 2. The van der Waals surface area contributed by atoms with E-state index in [9.17, 15) is 14.4 Å². The first-order valence-electron chi connectivity index (χ1n) is 10.9. The second-order valence-corrected chi connectivity index (χ2v) is 9.00. The Balaban J connectivity index is 1.51. The maximum absolute atomic E-state index is 13.6. The fraction of sp³-hybridized carbons (Fsp3) is 0.280. The zero-order valence-electron chi connectivity index (χ0n) is 19.5. The number of Topliss-reactive ketones (excluding diaryl/α,β-unsaturated/α-hetero) is 1. The smallest absolute Gasteiger partial charge is 0.260 e. The number of rotatable bonds is 4. The van der Waals surface area contributed by atoms with Gasteiger partial charge in [-0.1, -0.05) is 18.5 Å². The molecular weight excluding hydrogens is 474 g/mol. The van der Waals surface area contributed by atoms with Gasteiger partial charge in [0.05, 0.1) is 31.4 Å². The van der Waals surface area contributed by atoms with Crippen LogP contribution < -0.4 is 25.1 Å². The first-order valence-corrected chi connectivity index (χ1v) is 11.2. The van der Waals surface area contributed by atoms with Crippen LogP contribution in [0.1, 0.15) is 23.7 Å². The number of carbonyl (C=O) groups is 2. The van der Waals surface area contributed by atoms with Crippen molar-refractivity contribution in [2.75, 3.05) is 19.5 Å². The van der Waals surface area contributed by atoms with Crippen molar-refractivity contribution in [1.82, 2.24) is 9.55 Å². The van der Waals surface area contributed by atoms with Crippen LogP contribution in [-0.2, 0) is 11.8 Å². The summed E-state index contributed by atoms with van der Waals surface area (Å²) in [6.07, 6.45) is 3.17. The van der Waals surface area contributed by atoms with E-state index in [-0.39, 0.29) is 33.4 Å². The number of aryl methyl sites for hydroxylation is 1. The van der Waals surface area contributed by atoms with Gasteiger partial charge >= 0.3 is 0 Å². The minimum absolute atomic E-state index is 0.0794. The van der Waals surface area contributed by atoms with Gasteiger partial charge in [0.25, 0.3) is 5.56 Å². The van der Waals surface area contributed by atoms with E-state index in [0.717, 1.165) is 0 Å². The molecule has 0 bridgehead atoms. The lowest BCUT2D eigenvalue weighted by molar-refractivity contribution is -0.129. The molecule has 5 rings (SSSR count). The number of anilines is 1. The predicted molar refractivity (Wildman–Crippen MR) is 130 cm³/mol. The highest BCUT2D eigenvalue weighted by molar-refractivity contribution is 6.36. The highest BCUT2D eigenvalue weighted by Gasteiger charge is 2.60. The number of carbonyl (C=O) groups excluding carboxylic acids is 2. The molecule has 35 heavy (non-hydrogen) atoms. The van der Waals surface area contributed by atoms with Crippen molar-refractivity contribution in [1.29, 1.82) is 0 Å². The SMILES string of the molecule is COc1cc(OC)c2c(c1Cl)O[C@@]1(C(=O)C=C(Nc3ccc4ncn(C)c(=O)c4c3)C[C@H]1C)C2=O. The lowest BCUT2D eigenvalue weighted by Crippen LogP contribution is -2.55. The van der Waals surface area contributed by atoms with Crippen molar-refractivity contribution in [3.8, 4) is 17.2 Å². The number of methoxy groups -OCH3 is 2. The molecule has 1 aliphatic heterocycles. The topological polar surface area (TPSA) is 109 Å². The highest BCUT2D eigenvalue weighted by atomic mass is 35.5. The summed E-state index contributed by atoms with van der Waals surface area (Å²) in [5, 5.41) is 3.76. The van der Waals surface area contributed by atoms with Crippen molar-refractivity contribution in [3.63, 3.8) is 0 Å². The first kappa shape index (κ1) is 22.9. The molecule has 180 valence electrons. The maximum atomic E-state index is 13.6.